The molecule has 0 N–H and O–H groups in total. The molecule has 0 radical (unpaired) electrons. The third-order valence-corrected chi connectivity index (χ3v) is 4.91. The van der Waals surface area contributed by atoms with Crippen LogP contribution in [0.25, 0.3) is 0 Å². The van der Waals surface area contributed by atoms with Gasteiger partial charge in [0, 0.05) is 18.5 Å². The van der Waals surface area contributed by atoms with Crippen LogP contribution in [0.4, 0.5) is 0 Å². The lowest BCUT2D eigenvalue weighted by atomic mass is 10.2. The van der Waals surface area contributed by atoms with Gasteiger partial charge >= 0.3 is 0 Å². The molecule has 6 heteroatoms. The van der Waals surface area contributed by atoms with Crippen LogP contribution in [0.15, 0.2) is 13.6 Å². The third kappa shape index (κ3) is 4.23. The van der Waals surface area contributed by atoms with E-state index in [0.717, 1.165) is 14.0 Å². The van der Waals surface area contributed by atoms with Crippen molar-refractivity contribution in [1.29, 1.82) is 0 Å². The monoisotopic (exact) mass is 401 g/mol. The van der Waals surface area contributed by atoms with Crippen LogP contribution in [0.5, 0.6) is 0 Å². The van der Waals surface area contributed by atoms with E-state index in [9.17, 15) is 4.79 Å². The van der Waals surface area contributed by atoms with Gasteiger partial charge in [0.2, 0.25) is 0 Å². The summed E-state index contributed by atoms with van der Waals surface area (Å²) in [6, 6.07) is 2.03. The molecule has 2 nitrogen and oxygen atoms in total. The average molecular weight is 404 g/mol. The van der Waals surface area contributed by atoms with E-state index in [1.54, 1.807) is 0 Å². The third-order valence-electron chi connectivity index (χ3n) is 2.30. The first-order chi connectivity index (χ1) is 7.97. The number of carbonyl (C=O) groups is 1. The number of halogens is 3. The summed E-state index contributed by atoms with van der Waals surface area (Å²) in [5.74, 6) is 0.629. The number of alkyl halides is 1. The van der Waals surface area contributed by atoms with E-state index in [-0.39, 0.29) is 11.9 Å². The van der Waals surface area contributed by atoms with Crippen LogP contribution in [-0.4, -0.2) is 29.3 Å². The zero-order valence-electron chi connectivity index (χ0n) is 9.67. The fourth-order valence-corrected chi connectivity index (χ4v) is 4.36. The van der Waals surface area contributed by atoms with Gasteiger partial charge in [-0.1, -0.05) is 0 Å². The molecule has 0 spiro atoms. The second-order valence-corrected chi connectivity index (χ2v) is 8.00. The lowest BCUT2D eigenvalue weighted by Gasteiger charge is -2.26. The summed E-state index contributed by atoms with van der Waals surface area (Å²) in [7, 11) is 0. The maximum atomic E-state index is 12.4. The predicted molar refractivity (Wildman–Crippen MR) is 81.2 cm³/mol. The molecule has 0 saturated carbocycles. The molecule has 1 aromatic rings. The van der Waals surface area contributed by atoms with Gasteiger partial charge in [-0.05, 0) is 58.2 Å². The second kappa shape index (κ2) is 7.12. The molecule has 1 aromatic heterocycles. The molecule has 0 aliphatic heterocycles. The molecule has 0 fully saturated rings. The van der Waals surface area contributed by atoms with Gasteiger partial charge in [0.1, 0.15) is 0 Å². The van der Waals surface area contributed by atoms with E-state index in [1.165, 1.54) is 11.3 Å². The Morgan fingerprint density at radius 2 is 2.18 bits per heavy atom. The van der Waals surface area contributed by atoms with Crippen molar-refractivity contribution in [2.45, 2.75) is 26.3 Å². The van der Waals surface area contributed by atoms with Gasteiger partial charge in [0.05, 0.1) is 13.1 Å². The first kappa shape index (κ1) is 15.5. The van der Waals surface area contributed by atoms with Crippen LogP contribution in [0.1, 0.15) is 30.6 Å². The average Bonchev–Trinajstić information content (AvgIpc) is 2.57. The molecule has 0 aromatic carbocycles. The van der Waals surface area contributed by atoms with Gasteiger partial charge in [0.25, 0.3) is 5.91 Å². The highest BCUT2D eigenvalue weighted by atomic mass is 79.9. The molecular formula is C11H14Br2ClNOS. The Morgan fingerprint density at radius 1 is 1.53 bits per heavy atom. The standard InChI is InChI=1S/C11H14Br2ClNOS/c1-7(2)15(5-3-4-14)11(16)8-6-9(12)17-10(8)13/h6-7H,3-5H2,1-2H3. The molecular weight excluding hydrogens is 389 g/mol. The first-order valence-corrected chi connectivity index (χ1v) is 8.22. The largest absolute Gasteiger partial charge is 0.336 e. The maximum Gasteiger partial charge on any atom is 0.256 e. The van der Waals surface area contributed by atoms with Gasteiger partial charge in [-0.3, -0.25) is 4.79 Å². The van der Waals surface area contributed by atoms with Crippen LogP contribution in [0, 0.1) is 0 Å². The van der Waals surface area contributed by atoms with Gasteiger partial charge in [-0.2, -0.15) is 0 Å². The Hall–Kier alpha value is 0.420. The topological polar surface area (TPSA) is 20.3 Å². The van der Waals surface area contributed by atoms with E-state index >= 15 is 0 Å². The van der Waals surface area contributed by atoms with Crippen molar-refractivity contribution < 1.29 is 4.79 Å². The predicted octanol–water partition coefficient (Wildman–Crippen LogP) is 4.75. The van der Waals surface area contributed by atoms with Gasteiger partial charge < -0.3 is 4.90 Å². The number of hydrogen-bond acceptors (Lipinski definition) is 2. The fraction of sp³-hybridized carbons (Fsp3) is 0.545. The van der Waals surface area contributed by atoms with Gasteiger partial charge in [-0.15, -0.1) is 22.9 Å². The molecule has 0 unspecified atom stereocenters. The molecule has 17 heavy (non-hydrogen) atoms. The van der Waals surface area contributed by atoms with E-state index in [0.29, 0.717) is 18.0 Å². The SMILES string of the molecule is CC(C)N(CCCCl)C(=O)c1cc(Br)sc1Br. The molecule has 1 amide bonds. The molecule has 0 atom stereocenters. The second-order valence-electron chi connectivity index (χ2n) is 3.87. The number of thiophene rings is 1. The van der Waals surface area contributed by atoms with Crippen LogP contribution in [0.3, 0.4) is 0 Å². The van der Waals surface area contributed by atoms with Crippen molar-refractivity contribution in [2.24, 2.45) is 0 Å². The van der Waals surface area contributed by atoms with Crippen molar-refractivity contribution in [3.8, 4) is 0 Å². The minimum atomic E-state index is 0.0546. The molecule has 0 aliphatic carbocycles. The highest BCUT2D eigenvalue weighted by Crippen LogP contribution is 2.32. The summed E-state index contributed by atoms with van der Waals surface area (Å²) in [5.41, 5.74) is 0.713. The van der Waals surface area contributed by atoms with E-state index < -0.39 is 0 Å². The van der Waals surface area contributed by atoms with Crippen molar-refractivity contribution in [2.75, 3.05) is 12.4 Å². The van der Waals surface area contributed by atoms with Crippen LogP contribution < -0.4 is 0 Å². The Bertz CT molecular complexity index is 395. The zero-order chi connectivity index (χ0) is 13.0. The van der Waals surface area contributed by atoms with Crippen molar-refractivity contribution in [3.63, 3.8) is 0 Å². The highest BCUT2D eigenvalue weighted by molar-refractivity contribution is 9.12. The number of nitrogens with zero attached hydrogens (tertiary/aromatic N) is 1. The maximum absolute atomic E-state index is 12.4. The van der Waals surface area contributed by atoms with Crippen molar-refractivity contribution >= 4 is 60.7 Å². The highest BCUT2D eigenvalue weighted by Gasteiger charge is 2.22. The van der Waals surface area contributed by atoms with Gasteiger partial charge in [0.15, 0.2) is 0 Å². The van der Waals surface area contributed by atoms with Crippen LogP contribution in [-0.2, 0) is 0 Å². The van der Waals surface area contributed by atoms with Crippen molar-refractivity contribution in [3.05, 3.63) is 19.2 Å². The summed E-state index contributed by atoms with van der Waals surface area (Å²) < 4.78 is 1.82. The number of hydrogen-bond donors (Lipinski definition) is 0. The summed E-state index contributed by atoms with van der Waals surface area (Å²) in [6.07, 6.45) is 0.814. The Morgan fingerprint density at radius 3 is 2.59 bits per heavy atom. The first-order valence-electron chi connectivity index (χ1n) is 5.29. The quantitative estimate of drug-likeness (QED) is 0.650. The number of rotatable bonds is 5. The Labute approximate surface area is 128 Å². The Balaban J connectivity index is 2.87. The van der Waals surface area contributed by atoms with E-state index in [1.807, 2.05) is 24.8 Å². The minimum Gasteiger partial charge on any atom is -0.336 e. The smallest absolute Gasteiger partial charge is 0.256 e. The Kier molecular flexibility index (Phi) is 6.48. The fourth-order valence-electron chi connectivity index (χ4n) is 1.47. The summed E-state index contributed by atoms with van der Waals surface area (Å²) in [5, 5.41) is 0. The lowest BCUT2D eigenvalue weighted by Crippen LogP contribution is -2.37. The normalized spacial score (nSPS) is 10.9. The molecule has 0 bridgehead atoms. The lowest BCUT2D eigenvalue weighted by molar-refractivity contribution is 0.0706. The number of amides is 1. The van der Waals surface area contributed by atoms with Crippen LogP contribution >= 0.6 is 54.8 Å². The number of carbonyl (C=O) groups excluding carboxylic acids is 1. The zero-order valence-corrected chi connectivity index (χ0v) is 14.4. The van der Waals surface area contributed by atoms with Crippen LogP contribution in [0.2, 0.25) is 0 Å². The summed E-state index contributed by atoms with van der Waals surface area (Å²) >= 11 is 14.0. The molecule has 0 saturated heterocycles. The van der Waals surface area contributed by atoms with Crippen molar-refractivity contribution in [1.82, 2.24) is 4.90 Å². The molecule has 1 rings (SSSR count). The van der Waals surface area contributed by atoms with Gasteiger partial charge in [-0.25, -0.2) is 0 Å². The summed E-state index contributed by atoms with van der Waals surface area (Å²) in [6.45, 7) is 4.73. The van der Waals surface area contributed by atoms with E-state index in [2.05, 4.69) is 31.9 Å². The molecule has 0 aliphatic rings. The van der Waals surface area contributed by atoms with E-state index in [4.69, 9.17) is 11.6 Å². The summed E-state index contributed by atoms with van der Waals surface area (Å²) in [4.78, 5) is 14.2. The molecule has 96 valence electrons. The molecule has 1 heterocycles. The minimum absolute atomic E-state index is 0.0546.